The second kappa shape index (κ2) is 8.69. The molecule has 3 aromatic carbocycles. The highest BCUT2D eigenvalue weighted by molar-refractivity contribution is 6.04. The van der Waals surface area contributed by atoms with Crippen LogP contribution in [0.4, 0.5) is 11.4 Å². The van der Waals surface area contributed by atoms with Gasteiger partial charge in [-0.3, -0.25) is 9.59 Å². The van der Waals surface area contributed by atoms with Crippen molar-refractivity contribution in [1.29, 1.82) is 0 Å². The van der Waals surface area contributed by atoms with Crippen molar-refractivity contribution in [3.8, 4) is 17.2 Å². The normalized spacial score (nSPS) is 15.6. The summed E-state index contributed by atoms with van der Waals surface area (Å²) in [7, 11) is 0. The Hall–Kier alpha value is -3.80. The third kappa shape index (κ3) is 4.43. The third-order valence-electron chi connectivity index (χ3n) is 4.77. The van der Waals surface area contributed by atoms with Crippen molar-refractivity contribution in [2.75, 3.05) is 16.8 Å². The molecule has 6 nitrogen and oxygen atoms in total. The number of hydrogen-bond donors (Lipinski definition) is 1. The maximum Gasteiger partial charge on any atom is 0.265 e. The molecule has 1 N–H and O–H groups in total. The summed E-state index contributed by atoms with van der Waals surface area (Å²) in [5.74, 6) is 1.53. The number of rotatable bonds is 5. The van der Waals surface area contributed by atoms with Gasteiger partial charge in [-0.05, 0) is 43.3 Å². The predicted molar refractivity (Wildman–Crippen MR) is 115 cm³/mol. The predicted octanol–water partition coefficient (Wildman–Crippen LogP) is 4.62. The molecule has 1 aliphatic rings. The fourth-order valence-electron chi connectivity index (χ4n) is 3.43. The molecule has 6 heteroatoms. The van der Waals surface area contributed by atoms with Crippen molar-refractivity contribution < 1.29 is 19.1 Å². The summed E-state index contributed by atoms with van der Waals surface area (Å²) >= 11 is 0. The van der Waals surface area contributed by atoms with E-state index in [2.05, 4.69) is 5.32 Å². The van der Waals surface area contributed by atoms with E-state index in [4.69, 9.17) is 9.47 Å². The minimum atomic E-state index is -0.280. The van der Waals surface area contributed by atoms with Crippen LogP contribution in [0.15, 0.2) is 78.9 Å². The Labute approximate surface area is 175 Å². The molecule has 152 valence electrons. The molecular formula is C24H22N2O4. The number of para-hydroxylation sites is 3. The standard InChI is InChI=1S/C24H22N2O4/c1-17-14-23(27)25-21-12-5-6-13-22(21)26(17)24(28)16-29-19-10-7-11-20(15-19)30-18-8-3-2-4-9-18/h2-13,15,17H,14,16H2,1H3,(H,25,27)/t17-/m1/s1. The summed E-state index contributed by atoms with van der Waals surface area (Å²) in [5, 5.41) is 2.85. The van der Waals surface area contributed by atoms with Crippen LogP contribution in [0.2, 0.25) is 0 Å². The number of carbonyl (C=O) groups is 2. The molecule has 3 aromatic rings. The minimum Gasteiger partial charge on any atom is -0.484 e. The molecule has 1 heterocycles. The molecule has 0 unspecified atom stereocenters. The Bertz CT molecular complexity index is 1050. The van der Waals surface area contributed by atoms with Gasteiger partial charge >= 0.3 is 0 Å². The van der Waals surface area contributed by atoms with E-state index in [1.807, 2.05) is 67.6 Å². The number of fused-ring (bicyclic) bond motifs is 1. The first kappa shape index (κ1) is 19.5. The van der Waals surface area contributed by atoms with Crippen LogP contribution in [-0.2, 0) is 9.59 Å². The topological polar surface area (TPSA) is 67.9 Å². The van der Waals surface area contributed by atoms with E-state index in [0.29, 0.717) is 22.9 Å². The van der Waals surface area contributed by atoms with Crippen LogP contribution >= 0.6 is 0 Å². The number of carbonyl (C=O) groups excluding carboxylic acids is 2. The number of anilines is 2. The van der Waals surface area contributed by atoms with E-state index in [9.17, 15) is 9.59 Å². The molecule has 0 aromatic heterocycles. The monoisotopic (exact) mass is 402 g/mol. The van der Waals surface area contributed by atoms with E-state index >= 15 is 0 Å². The van der Waals surface area contributed by atoms with Gasteiger partial charge in [0.25, 0.3) is 5.91 Å². The summed E-state index contributed by atoms with van der Waals surface area (Å²) in [5.41, 5.74) is 1.30. The fraction of sp³-hybridized carbons (Fsp3) is 0.167. The van der Waals surface area contributed by atoms with E-state index in [1.54, 1.807) is 23.1 Å². The number of ether oxygens (including phenoxy) is 2. The molecule has 0 bridgehead atoms. The van der Waals surface area contributed by atoms with Crippen LogP contribution in [0, 0.1) is 0 Å². The molecule has 1 aliphatic heterocycles. The van der Waals surface area contributed by atoms with Crippen LogP contribution in [0.3, 0.4) is 0 Å². The minimum absolute atomic E-state index is 0.114. The summed E-state index contributed by atoms with van der Waals surface area (Å²) < 4.78 is 11.6. The average Bonchev–Trinajstić information content (AvgIpc) is 2.87. The van der Waals surface area contributed by atoms with Crippen molar-refractivity contribution in [3.05, 3.63) is 78.9 Å². The zero-order chi connectivity index (χ0) is 20.9. The van der Waals surface area contributed by atoms with E-state index in [0.717, 1.165) is 5.75 Å². The first-order chi connectivity index (χ1) is 14.6. The summed E-state index contributed by atoms with van der Waals surface area (Å²) in [6.07, 6.45) is 0.223. The van der Waals surface area contributed by atoms with Crippen LogP contribution in [0.25, 0.3) is 0 Å². The van der Waals surface area contributed by atoms with E-state index in [-0.39, 0.29) is 30.9 Å². The highest BCUT2D eigenvalue weighted by atomic mass is 16.5. The zero-order valence-electron chi connectivity index (χ0n) is 16.6. The third-order valence-corrected chi connectivity index (χ3v) is 4.77. The van der Waals surface area contributed by atoms with Crippen molar-refractivity contribution in [3.63, 3.8) is 0 Å². The highest BCUT2D eigenvalue weighted by Gasteiger charge is 2.29. The second-order valence-corrected chi connectivity index (χ2v) is 7.06. The highest BCUT2D eigenvalue weighted by Crippen LogP contribution is 2.31. The van der Waals surface area contributed by atoms with Crippen molar-refractivity contribution in [1.82, 2.24) is 0 Å². The largest absolute Gasteiger partial charge is 0.484 e. The molecular weight excluding hydrogens is 380 g/mol. The number of nitrogens with zero attached hydrogens (tertiary/aromatic N) is 1. The van der Waals surface area contributed by atoms with Crippen molar-refractivity contribution in [2.45, 2.75) is 19.4 Å². The van der Waals surface area contributed by atoms with Crippen molar-refractivity contribution in [2.24, 2.45) is 0 Å². The van der Waals surface area contributed by atoms with Gasteiger partial charge in [-0.1, -0.05) is 36.4 Å². The Morgan fingerprint density at radius 2 is 1.67 bits per heavy atom. The van der Waals surface area contributed by atoms with Gasteiger partial charge in [0.2, 0.25) is 5.91 Å². The number of amides is 2. The molecule has 4 rings (SSSR count). The van der Waals surface area contributed by atoms with Gasteiger partial charge in [0.1, 0.15) is 17.2 Å². The molecule has 1 atom stereocenters. The summed E-state index contributed by atoms with van der Waals surface area (Å²) in [4.78, 5) is 26.7. The Balaban J connectivity index is 1.47. The van der Waals surface area contributed by atoms with Gasteiger partial charge in [0.15, 0.2) is 6.61 Å². The van der Waals surface area contributed by atoms with E-state index in [1.165, 1.54) is 0 Å². The lowest BCUT2D eigenvalue weighted by molar-refractivity contribution is -0.121. The maximum absolute atomic E-state index is 13.0. The maximum atomic E-state index is 13.0. The van der Waals surface area contributed by atoms with Gasteiger partial charge in [-0.15, -0.1) is 0 Å². The molecule has 0 saturated heterocycles. The molecule has 0 saturated carbocycles. The average molecular weight is 402 g/mol. The lowest BCUT2D eigenvalue weighted by Gasteiger charge is -2.27. The van der Waals surface area contributed by atoms with Crippen LogP contribution in [0.1, 0.15) is 13.3 Å². The fourth-order valence-corrected chi connectivity index (χ4v) is 3.43. The molecule has 0 aliphatic carbocycles. The van der Waals surface area contributed by atoms with Gasteiger partial charge < -0.3 is 19.7 Å². The first-order valence-electron chi connectivity index (χ1n) is 9.77. The summed E-state index contributed by atoms with van der Waals surface area (Å²) in [6.45, 7) is 1.70. The number of hydrogen-bond acceptors (Lipinski definition) is 4. The Morgan fingerprint density at radius 3 is 2.50 bits per heavy atom. The summed E-state index contributed by atoms with van der Waals surface area (Å²) in [6, 6.07) is 23.6. The van der Waals surface area contributed by atoms with E-state index < -0.39 is 0 Å². The van der Waals surface area contributed by atoms with Gasteiger partial charge in [0, 0.05) is 18.5 Å². The molecule has 0 spiro atoms. The lowest BCUT2D eigenvalue weighted by atomic mass is 10.1. The quantitative estimate of drug-likeness (QED) is 0.676. The SMILES string of the molecule is C[C@@H]1CC(=O)Nc2ccccc2N1C(=O)COc1cccc(Oc2ccccc2)c1. The number of nitrogens with one attached hydrogen (secondary N) is 1. The zero-order valence-corrected chi connectivity index (χ0v) is 16.6. The van der Waals surface area contributed by atoms with Crippen LogP contribution < -0.4 is 19.7 Å². The second-order valence-electron chi connectivity index (χ2n) is 7.06. The lowest BCUT2D eigenvalue weighted by Crippen LogP contribution is -2.41. The van der Waals surface area contributed by atoms with Crippen molar-refractivity contribution >= 4 is 23.2 Å². The van der Waals surface area contributed by atoms with Gasteiger partial charge in [-0.2, -0.15) is 0 Å². The first-order valence-corrected chi connectivity index (χ1v) is 9.77. The number of benzene rings is 3. The molecule has 0 radical (unpaired) electrons. The molecule has 30 heavy (non-hydrogen) atoms. The Kier molecular flexibility index (Phi) is 5.66. The van der Waals surface area contributed by atoms with Gasteiger partial charge in [-0.25, -0.2) is 0 Å². The van der Waals surface area contributed by atoms with Crippen LogP contribution in [0.5, 0.6) is 17.2 Å². The Morgan fingerprint density at radius 1 is 0.967 bits per heavy atom. The van der Waals surface area contributed by atoms with Gasteiger partial charge in [0.05, 0.1) is 11.4 Å². The molecule has 0 fully saturated rings. The smallest absolute Gasteiger partial charge is 0.265 e. The van der Waals surface area contributed by atoms with Crippen LogP contribution in [-0.4, -0.2) is 24.5 Å². The molecule has 2 amide bonds.